The number of imidazole rings is 1. The Morgan fingerprint density at radius 3 is 2.08 bits per heavy atom. The Morgan fingerprint density at radius 2 is 1.71 bits per heavy atom. The molecule has 0 fully saturated rings. The highest BCUT2D eigenvalue weighted by Gasteiger charge is 2.44. The van der Waals surface area contributed by atoms with Gasteiger partial charge in [0.1, 0.15) is 11.9 Å². The average molecular weight is 400 g/mol. The molecular formula is C9H15F3N2O8S2. The van der Waals surface area contributed by atoms with Crippen LogP contribution in [0.1, 0.15) is 24.0 Å². The van der Waals surface area contributed by atoms with Gasteiger partial charge < -0.3 is 15.2 Å². The summed E-state index contributed by atoms with van der Waals surface area (Å²) in [6.45, 7) is -0.421. The predicted octanol–water partition coefficient (Wildman–Crippen LogP) is -0.350. The fraction of sp³-hybridized carbons (Fsp3) is 0.667. The third-order valence-electron chi connectivity index (χ3n) is 2.27. The van der Waals surface area contributed by atoms with Gasteiger partial charge in [0.15, 0.2) is 0 Å². The molecule has 1 unspecified atom stereocenters. The summed E-state index contributed by atoms with van der Waals surface area (Å²) in [4.78, 5) is 6.71. The van der Waals surface area contributed by atoms with E-state index >= 15 is 0 Å². The first-order valence-electron chi connectivity index (χ1n) is 5.99. The number of nitrogens with zero attached hydrogens (tertiary/aromatic N) is 1. The molecule has 1 aromatic rings. The summed E-state index contributed by atoms with van der Waals surface area (Å²) < 4.78 is 86.9. The lowest BCUT2D eigenvalue weighted by molar-refractivity contribution is -0.0510. The molecule has 1 atom stereocenters. The highest BCUT2D eigenvalue weighted by atomic mass is 32.2. The number of nitrogens with one attached hydrogen (secondary N) is 1. The SMILES string of the molecule is O=S(=O)(O)C(F)(F)F.O=S(=O)(O)CCCc1nc(C(O)CO)c[nH]1. The molecule has 0 saturated heterocycles. The summed E-state index contributed by atoms with van der Waals surface area (Å²) in [6, 6.07) is 0. The van der Waals surface area contributed by atoms with Crippen molar-refractivity contribution in [2.24, 2.45) is 0 Å². The lowest BCUT2D eigenvalue weighted by Gasteiger charge is -2.00. The third-order valence-corrected chi connectivity index (χ3v) is 3.66. The lowest BCUT2D eigenvalue weighted by atomic mass is 10.3. The van der Waals surface area contributed by atoms with Crippen LogP contribution in [0.5, 0.6) is 0 Å². The maximum Gasteiger partial charge on any atom is 0.522 e. The number of hydrogen-bond donors (Lipinski definition) is 5. The van der Waals surface area contributed by atoms with Crippen LogP contribution in [0.3, 0.4) is 0 Å². The van der Waals surface area contributed by atoms with Gasteiger partial charge in [-0.2, -0.15) is 30.0 Å². The Bertz CT molecular complexity index is 713. The van der Waals surface area contributed by atoms with Crippen LogP contribution in [0, 0.1) is 0 Å². The van der Waals surface area contributed by atoms with Crippen LogP contribution in [0.15, 0.2) is 6.20 Å². The normalized spacial score (nSPS) is 14.0. The predicted molar refractivity (Wildman–Crippen MR) is 73.0 cm³/mol. The van der Waals surface area contributed by atoms with E-state index in [1.807, 2.05) is 0 Å². The summed E-state index contributed by atoms with van der Waals surface area (Å²) in [5.74, 6) is 0.178. The Labute approximate surface area is 134 Å². The second kappa shape index (κ2) is 8.72. The minimum atomic E-state index is -5.84. The van der Waals surface area contributed by atoms with Gasteiger partial charge in [-0.05, 0) is 6.42 Å². The van der Waals surface area contributed by atoms with E-state index in [0.29, 0.717) is 17.9 Å². The molecule has 24 heavy (non-hydrogen) atoms. The zero-order valence-electron chi connectivity index (χ0n) is 11.8. The van der Waals surface area contributed by atoms with Gasteiger partial charge in [0.25, 0.3) is 10.1 Å². The monoisotopic (exact) mass is 400 g/mol. The standard InChI is InChI=1S/C8H14N2O5S.CHF3O3S/c11-5-7(12)6-4-9-8(10-6)2-1-3-16(13,14)15;2-1(3,4)8(5,6)7/h4,7,11-12H,1-3,5H2,(H,9,10)(H,13,14,15);(H,5,6,7). The number of H-pyrrole nitrogens is 1. The lowest BCUT2D eigenvalue weighted by Crippen LogP contribution is -2.21. The summed E-state index contributed by atoms with van der Waals surface area (Å²) >= 11 is 0. The maximum atomic E-state index is 10.7. The Morgan fingerprint density at radius 1 is 1.21 bits per heavy atom. The fourth-order valence-electron chi connectivity index (χ4n) is 1.19. The number of aliphatic hydroxyl groups excluding tert-OH is 2. The van der Waals surface area contributed by atoms with E-state index in [2.05, 4.69) is 9.97 Å². The molecule has 142 valence electrons. The molecule has 1 rings (SSSR count). The van der Waals surface area contributed by atoms with Crippen LogP contribution in [-0.4, -0.2) is 64.0 Å². The first-order valence-corrected chi connectivity index (χ1v) is 9.04. The van der Waals surface area contributed by atoms with Crippen molar-refractivity contribution in [3.05, 3.63) is 17.7 Å². The highest BCUT2D eigenvalue weighted by Crippen LogP contribution is 2.20. The molecule has 0 aromatic carbocycles. The van der Waals surface area contributed by atoms with E-state index in [-0.39, 0.29) is 12.2 Å². The molecule has 1 aromatic heterocycles. The smallest absolute Gasteiger partial charge is 0.393 e. The maximum absolute atomic E-state index is 10.7. The first-order chi connectivity index (χ1) is 10.7. The number of alkyl halides is 3. The molecule has 1 heterocycles. The molecule has 0 spiro atoms. The van der Waals surface area contributed by atoms with E-state index in [1.165, 1.54) is 6.20 Å². The molecule has 0 bridgehead atoms. The van der Waals surface area contributed by atoms with Gasteiger partial charge in [-0.1, -0.05) is 0 Å². The van der Waals surface area contributed by atoms with Crippen molar-refractivity contribution in [3.8, 4) is 0 Å². The van der Waals surface area contributed by atoms with Crippen molar-refractivity contribution in [2.45, 2.75) is 24.5 Å². The molecule has 0 saturated carbocycles. The van der Waals surface area contributed by atoms with Crippen molar-refractivity contribution < 1.29 is 49.3 Å². The van der Waals surface area contributed by atoms with Gasteiger partial charge in [-0.3, -0.25) is 9.11 Å². The first kappa shape index (κ1) is 22.7. The molecule has 0 aliphatic rings. The van der Waals surface area contributed by atoms with E-state index in [1.54, 1.807) is 0 Å². The van der Waals surface area contributed by atoms with Gasteiger partial charge in [0.2, 0.25) is 0 Å². The topological polar surface area (TPSA) is 178 Å². The van der Waals surface area contributed by atoms with E-state index < -0.39 is 38.5 Å². The zero-order valence-corrected chi connectivity index (χ0v) is 13.4. The number of hydrogen-bond acceptors (Lipinski definition) is 7. The van der Waals surface area contributed by atoms with Crippen molar-refractivity contribution in [1.29, 1.82) is 0 Å². The van der Waals surface area contributed by atoms with E-state index in [4.69, 9.17) is 22.6 Å². The number of aromatic nitrogens is 2. The Hall–Kier alpha value is -1.26. The quantitative estimate of drug-likeness (QED) is 0.315. The minimum Gasteiger partial charge on any atom is -0.393 e. The largest absolute Gasteiger partial charge is 0.522 e. The van der Waals surface area contributed by atoms with Crippen LogP contribution in [0.25, 0.3) is 0 Å². The number of aryl methyl sites for hydroxylation is 1. The van der Waals surface area contributed by atoms with Gasteiger partial charge in [-0.15, -0.1) is 0 Å². The van der Waals surface area contributed by atoms with Crippen LogP contribution in [0.4, 0.5) is 13.2 Å². The van der Waals surface area contributed by atoms with Crippen molar-refractivity contribution in [3.63, 3.8) is 0 Å². The molecule has 10 nitrogen and oxygen atoms in total. The minimum absolute atomic E-state index is 0.237. The van der Waals surface area contributed by atoms with Crippen molar-refractivity contribution in [2.75, 3.05) is 12.4 Å². The number of aromatic amines is 1. The van der Waals surface area contributed by atoms with Gasteiger partial charge in [0, 0.05) is 12.6 Å². The zero-order chi connectivity index (χ0) is 19.2. The van der Waals surface area contributed by atoms with Crippen LogP contribution in [0.2, 0.25) is 0 Å². The van der Waals surface area contributed by atoms with Crippen LogP contribution < -0.4 is 0 Å². The molecule has 0 aliphatic heterocycles. The number of halogens is 3. The second-order valence-electron chi connectivity index (χ2n) is 4.28. The van der Waals surface area contributed by atoms with E-state index in [9.17, 15) is 26.7 Å². The highest BCUT2D eigenvalue weighted by molar-refractivity contribution is 7.86. The summed E-state index contributed by atoms with van der Waals surface area (Å²) in [6.07, 6.45) is 0.995. The summed E-state index contributed by atoms with van der Waals surface area (Å²) in [5, 5.41) is 17.9. The van der Waals surface area contributed by atoms with Crippen LogP contribution >= 0.6 is 0 Å². The fourth-order valence-corrected chi connectivity index (χ4v) is 1.70. The number of aliphatic hydroxyl groups is 2. The van der Waals surface area contributed by atoms with Gasteiger partial charge in [0.05, 0.1) is 18.1 Å². The molecule has 0 amide bonds. The van der Waals surface area contributed by atoms with Crippen molar-refractivity contribution in [1.82, 2.24) is 9.97 Å². The van der Waals surface area contributed by atoms with Gasteiger partial charge in [-0.25, -0.2) is 4.98 Å². The van der Waals surface area contributed by atoms with E-state index in [0.717, 1.165) is 0 Å². The molecule has 0 radical (unpaired) electrons. The van der Waals surface area contributed by atoms with Crippen LogP contribution in [-0.2, 0) is 26.7 Å². The molecule has 5 N–H and O–H groups in total. The average Bonchev–Trinajstić information content (AvgIpc) is 2.83. The van der Waals surface area contributed by atoms with Gasteiger partial charge >= 0.3 is 15.6 Å². The molecule has 0 aliphatic carbocycles. The second-order valence-corrected chi connectivity index (χ2v) is 7.27. The number of rotatable bonds is 6. The Kier molecular flexibility index (Phi) is 8.27. The molecule has 15 heteroatoms. The summed E-state index contributed by atoms with van der Waals surface area (Å²) in [5.41, 5.74) is -5.23. The molecular weight excluding hydrogens is 385 g/mol. The third kappa shape index (κ3) is 9.14. The van der Waals surface area contributed by atoms with Crippen molar-refractivity contribution >= 4 is 20.2 Å². The Balaban J connectivity index is 0.000000561. The summed E-state index contributed by atoms with van der Waals surface area (Å²) in [7, 11) is -9.78.